The van der Waals surface area contributed by atoms with Gasteiger partial charge >= 0.3 is 6.18 Å². The first-order valence-corrected chi connectivity index (χ1v) is 7.67. The number of alkyl halides is 4. The van der Waals surface area contributed by atoms with E-state index in [4.69, 9.17) is 0 Å². The molecule has 1 atom stereocenters. The highest BCUT2D eigenvalue weighted by molar-refractivity contribution is 9.09. The first-order valence-electron chi connectivity index (χ1n) is 6.75. The Bertz CT molecular complexity index is 494. The van der Waals surface area contributed by atoms with Crippen LogP contribution in [-0.2, 0) is 6.18 Å². The minimum absolute atomic E-state index is 0.0633. The molecule has 0 aliphatic carbocycles. The van der Waals surface area contributed by atoms with Crippen LogP contribution in [0.4, 0.5) is 13.2 Å². The number of hydrogen-bond donors (Lipinski definition) is 0. The topological polar surface area (TPSA) is 33.2 Å². The largest absolute Gasteiger partial charge is 0.417 e. The van der Waals surface area contributed by atoms with Gasteiger partial charge in [-0.15, -0.1) is 0 Å². The summed E-state index contributed by atoms with van der Waals surface area (Å²) in [5.41, 5.74) is -0.779. The van der Waals surface area contributed by atoms with Crippen molar-refractivity contribution in [2.24, 2.45) is 5.92 Å². The van der Waals surface area contributed by atoms with E-state index in [2.05, 4.69) is 27.8 Å². The summed E-state index contributed by atoms with van der Waals surface area (Å²) in [6.45, 7) is 3.31. The van der Waals surface area contributed by atoms with Crippen molar-refractivity contribution < 1.29 is 18.0 Å². The highest BCUT2D eigenvalue weighted by Gasteiger charge is 2.31. The fourth-order valence-electron chi connectivity index (χ4n) is 2.41. The molecule has 1 aliphatic heterocycles. The van der Waals surface area contributed by atoms with E-state index in [-0.39, 0.29) is 11.6 Å². The number of halogens is 4. The lowest BCUT2D eigenvalue weighted by Gasteiger charge is -2.33. The summed E-state index contributed by atoms with van der Waals surface area (Å²) in [4.78, 5) is 17.9. The zero-order valence-corrected chi connectivity index (χ0v) is 13.1. The number of amides is 1. The molecule has 2 heterocycles. The van der Waals surface area contributed by atoms with Crippen molar-refractivity contribution in [2.45, 2.75) is 30.8 Å². The lowest BCUT2D eigenvalue weighted by atomic mass is 9.94. The third kappa shape index (κ3) is 3.96. The van der Waals surface area contributed by atoms with Gasteiger partial charge in [-0.3, -0.25) is 9.78 Å². The van der Waals surface area contributed by atoms with E-state index < -0.39 is 11.7 Å². The number of pyridine rings is 1. The van der Waals surface area contributed by atoms with Crippen LogP contribution >= 0.6 is 15.9 Å². The molecule has 0 spiro atoms. The zero-order valence-electron chi connectivity index (χ0n) is 11.5. The molecule has 0 saturated carbocycles. The molecule has 1 amide bonds. The van der Waals surface area contributed by atoms with Crippen molar-refractivity contribution in [3.63, 3.8) is 0 Å². The molecule has 2 rings (SSSR count). The van der Waals surface area contributed by atoms with Crippen LogP contribution in [0, 0.1) is 5.92 Å². The van der Waals surface area contributed by atoms with E-state index in [1.54, 1.807) is 4.90 Å². The molecule has 1 aliphatic rings. The molecule has 1 aromatic heterocycles. The molecular weight excluding hydrogens is 349 g/mol. The molecule has 0 radical (unpaired) electrons. The molecule has 1 saturated heterocycles. The van der Waals surface area contributed by atoms with E-state index in [1.165, 1.54) is 0 Å². The molecule has 1 aromatic rings. The highest BCUT2D eigenvalue weighted by Crippen LogP contribution is 2.29. The highest BCUT2D eigenvalue weighted by atomic mass is 79.9. The second-order valence-corrected chi connectivity index (χ2v) is 6.68. The average Bonchev–Trinajstić information content (AvgIpc) is 2.46. The minimum atomic E-state index is -4.43. The molecule has 1 fully saturated rings. The van der Waals surface area contributed by atoms with Crippen molar-refractivity contribution in [2.75, 3.05) is 13.1 Å². The molecule has 7 heteroatoms. The number of aromatic nitrogens is 1. The van der Waals surface area contributed by atoms with Crippen molar-refractivity contribution in [1.82, 2.24) is 9.88 Å². The Hall–Kier alpha value is -1.11. The predicted octanol–water partition coefficient (Wildman–Crippen LogP) is 3.74. The second-order valence-electron chi connectivity index (χ2n) is 5.24. The van der Waals surface area contributed by atoms with Crippen LogP contribution in [0.25, 0.3) is 0 Å². The van der Waals surface area contributed by atoms with E-state index >= 15 is 0 Å². The van der Waals surface area contributed by atoms with Gasteiger partial charge in [-0.1, -0.05) is 22.9 Å². The average molecular weight is 365 g/mol. The van der Waals surface area contributed by atoms with Crippen LogP contribution < -0.4 is 0 Å². The Morgan fingerprint density at radius 1 is 1.38 bits per heavy atom. The molecule has 21 heavy (non-hydrogen) atoms. The summed E-state index contributed by atoms with van der Waals surface area (Å²) >= 11 is 3.54. The van der Waals surface area contributed by atoms with Crippen LogP contribution in [0.5, 0.6) is 0 Å². The number of hydrogen-bond acceptors (Lipinski definition) is 2. The summed E-state index contributed by atoms with van der Waals surface area (Å²) in [6.07, 6.45) is -1.95. The molecule has 0 aromatic carbocycles. The predicted molar refractivity (Wildman–Crippen MR) is 76.3 cm³/mol. The summed E-state index contributed by atoms with van der Waals surface area (Å²) in [6, 6.07) is 2.04. The maximum absolute atomic E-state index is 12.5. The summed E-state index contributed by atoms with van der Waals surface area (Å²) in [7, 11) is 0. The lowest BCUT2D eigenvalue weighted by molar-refractivity contribution is -0.137. The van der Waals surface area contributed by atoms with E-state index in [9.17, 15) is 18.0 Å². The lowest BCUT2D eigenvalue weighted by Crippen LogP contribution is -2.40. The molecular formula is C14H16BrF3N2O. The third-order valence-electron chi connectivity index (χ3n) is 3.79. The Balaban J connectivity index is 2.01. The van der Waals surface area contributed by atoms with Gasteiger partial charge in [-0.05, 0) is 30.9 Å². The van der Waals surface area contributed by atoms with Gasteiger partial charge in [-0.25, -0.2) is 0 Å². The van der Waals surface area contributed by atoms with Crippen molar-refractivity contribution >= 4 is 21.8 Å². The number of carbonyl (C=O) groups excluding carboxylic acids is 1. The third-order valence-corrected chi connectivity index (χ3v) is 4.53. The van der Waals surface area contributed by atoms with Crippen LogP contribution in [0.3, 0.4) is 0 Å². The van der Waals surface area contributed by atoms with Crippen LogP contribution in [0.15, 0.2) is 18.3 Å². The molecule has 3 nitrogen and oxygen atoms in total. The Morgan fingerprint density at radius 3 is 2.43 bits per heavy atom. The summed E-state index contributed by atoms with van der Waals surface area (Å²) < 4.78 is 37.4. The van der Waals surface area contributed by atoms with Gasteiger partial charge < -0.3 is 4.90 Å². The normalized spacial score (nSPS) is 18.6. The maximum Gasteiger partial charge on any atom is 0.417 e. The molecule has 0 bridgehead atoms. The van der Waals surface area contributed by atoms with Gasteiger partial charge in [0.05, 0.1) is 5.56 Å². The number of piperidine rings is 1. The smallest absolute Gasteiger partial charge is 0.337 e. The zero-order chi connectivity index (χ0) is 15.6. The van der Waals surface area contributed by atoms with Crippen LogP contribution in [0.2, 0.25) is 0 Å². The van der Waals surface area contributed by atoms with E-state index in [0.717, 1.165) is 25.0 Å². The summed E-state index contributed by atoms with van der Waals surface area (Å²) in [5, 5.41) is 0. The standard InChI is InChI=1S/C14H16BrF3N2O/c1-9(15)10-4-6-20(7-5-10)13(21)12-3-2-11(8-19-12)14(16,17)18/h2-3,8-10H,4-7H2,1H3. The Labute approximate surface area is 129 Å². The van der Waals surface area contributed by atoms with Crippen LogP contribution in [0.1, 0.15) is 35.8 Å². The molecule has 1 unspecified atom stereocenters. The van der Waals surface area contributed by atoms with Gasteiger partial charge in [0.2, 0.25) is 0 Å². The van der Waals surface area contributed by atoms with Gasteiger partial charge in [0.1, 0.15) is 5.69 Å². The molecule has 116 valence electrons. The minimum Gasteiger partial charge on any atom is -0.337 e. The van der Waals surface area contributed by atoms with Crippen LogP contribution in [-0.4, -0.2) is 33.7 Å². The Morgan fingerprint density at radius 2 is 2.00 bits per heavy atom. The quantitative estimate of drug-likeness (QED) is 0.749. The first kappa shape index (κ1) is 16.3. The number of carbonyl (C=O) groups is 1. The second kappa shape index (κ2) is 6.34. The van der Waals surface area contributed by atoms with Crippen molar-refractivity contribution in [1.29, 1.82) is 0 Å². The van der Waals surface area contributed by atoms with Gasteiger partial charge in [-0.2, -0.15) is 13.2 Å². The first-order chi connectivity index (χ1) is 9.79. The van der Waals surface area contributed by atoms with Gasteiger partial charge in [0.15, 0.2) is 0 Å². The number of nitrogens with zero attached hydrogens (tertiary/aromatic N) is 2. The number of rotatable bonds is 2. The maximum atomic E-state index is 12.5. The van der Waals surface area contributed by atoms with E-state index in [1.807, 2.05) is 0 Å². The SMILES string of the molecule is CC(Br)C1CCN(C(=O)c2ccc(C(F)(F)F)cn2)CC1. The Kier molecular flexibility index (Phi) is 4.91. The monoisotopic (exact) mass is 364 g/mol. The van der Waals surface area contributed by atoms with Crippen molar-refractivity contribution in [3.8, 4) is 0 Å². The van der Waals surface area contributed by atoms with Crippen molar-refractivity contribution in [3.05, 3.63) is 29.6 Å². The fraction of sp³-hybridized carbons (Fsp3) is 0.571. The molecule has 0 N–H and O–H groups in total. The van der Waals surface area contributed by atoms with Gasteiger partial charge in [0.25, 0.3) is 5.91 Å². The summed E-state index contributed by atoms with van der Waals surface area (Å²) in [5.74, 6) is 0.221. The fourth-order valence-corrected chi connectivity index (χ4v) is 2.94. The number of likely N-dealkylation sites (tertiary alicyclic amines) is 1. The van der Waals surface area contributed by atoms with E-state index in [0.29, 0.717) is 30.0 Å². The van der Waals surface area contributed by atoms with Gasteiger partial charge in [0, 0.05) is 24.1 Å².